The molecule has 0 heterocycles. The largest absolute Gasteiger partial charge is 0.366 e. The Bertz CT molecular complexity index is 347. The molecule has 1 amide bonds. The number of sulfone groups is 1. The average molecular weight is 275 g/mol. The maximum Gasteiger partial charge on any atom is 0.242 e. The average Bonchev–Trinajstić information content (AvgIpc) is 2.30. The molecule has 0 fully saturated rings. The van der Waals surface area contributed by atoms with Crippen LogP contribution >= 0.6 is 0 Å². The van der Waals surface area contributed by atoms with Gasteiger partial charge in [0.15, 0.2) is 9.84 Å². The normalized spacial score (nSPS) is 12.1. The van der Waals surface area contributed by atoms with Crippen LogP contribution in [0.15, 0.2) is 11.5 Å². The highest BCUT2D eigenvalue weighted by Crippen LogP contribution is 2.09. The van der Waals surface area contributed by atoms with Crippen LogP contribution in [0.4, 0.5) is 0 Å². The van der Waals surface area contributed by atoms with Gasteiger partial charge in [-0.05, 0) is 6.42 Å². The number of hydrogen-bond acceptors (Lipinski definition) is 3. The van der Waals surface area contributed by atoms with Crippen molar-refractivity contribution >= 4 is 15.7 Å². The van der Waals surface area contributed by atoms with Crippen LogP contribution in [-0.4, -0.2) is 20.1 Å². The first-order chi connectivity index (χ1) is 8.48. The molecule has 0 aromatic rings. The summed E-state index contributed by atoms with van der Waals surface area (Å²) in [4.78, 5) is 10.4. The standard InChI is InChI=1S/C13H25NO3S/c1-2-3-4-5-6-7-8-9-11-18(16,17)12-10-13(14)15/h10,12H,2-9,11H2,1H3,(H2,14,15). The molecule has 0 rings (SSSR count). The van der Waals surface area contributed by atoms with E-state index in [1.165, 1.54) is 32.1 Å². The van der Waals surface area contributed by atoms with Gasteiger partial charge in [0.25, 0.3) is 0 Å². The molecule has 0 atom stereocenters. The van der Waals surface area contributed by atoms with Crippen molar-refractivity contribution in [3.8, 4) is 0 Å². The lowest BCUT2D eigenvalue weighted by atomic mass is 10.1. The summed E-state index contributed by atoms with van der Waals surface area (Å²) in [7, 11) is -3.26. The maximum absolute atomic E-state index is 11.4. The topological polar surface area (TPSA) is 77.2 Å². The Morgan fingerprint density at radius 3 is 2.00 bits per heavy atom. The van der Waals surface area contributed by atoms with Crippen molar-refractivity contribution in [2.75, 3.05) is 5.75 Å². The van der Waals surface area contributed by atoms with Crippen molar-refractivity contribution < 1.29 is 13.2 Å². The van der Waals surface area contributed by atoms with Crippen LogP contribution in [0.25, 0.3) is 0 Å². The van der Waals surface area contributed by atoms with Gasteiger partial charge in [-0.1, -0.05) is 51.9 Å². The zero-order chi connectivity index (χ0) is 13.9. The van der Waals surface area contributed by atoms with E-state index in [1.807, 2.05) is 0 Å². The highest BCUT2D eigenvalue weighted by Gasteiger charge is 2.05. The molecule has 4 nitrogen and oxygen atoms in total. The van der Waals surface area contributed by atoms with Gasteiger partial charge in [-0.15, -0.1) is 0 Å². The van der Waals surface area contributed by atoms with E-state index >= 15 is 0 Å². The number of hydrogen-bond donors (Lipinski definition) is 1. The highest BCUT2D eigenvalue weighted by atomic mass is 32.2. The summed E-state index contributed by atoms with van der Waals surface area (Å²) in [5.74, 6) is -0.624. The van der Waals surface area contributed by atoms with E-state index in [9.17, 15) is 13.2 Å². The Kier molecular flexibility index (Phi) is 9.64. The van der Waals surface area contributed by atoms with Gasteiger partial charge in [0.05, 0.1) is 5.75 Å². The van der Waals surface area contributed by atoms with Gasteiger partial charge >= 0.3 is 0 Å². The molecule has 0 bridgehead atoms. The Balaban J connectivity index is 3.56. The first kappa shape index (κ1) is 17.2. The first-order valence-corrected chi connectivity index (χ1v) is 8.40. The second kappa shape index (κ2) is 10.1. The lowest BCUT2D eigenvalue weighted by Gasteiger charge is -2.01. The smallest absolute Gasteiger partial charge is 0.242 e. The molecule has 18 heavy (non-hydrogen) atoms. The Labute approximate surface area is 111 Å². The Morgan fingerprint density at radius 1 is 1.00 bits per heavy atom. The van der Waals surface area contributed by atoms with Crippen molar-refractivity contribution in [2.24, 2.45) is 5.73 Å². The molecular formula is C13H25NO3S. The van der Waals surface area contributed by atoms with Crippen molar-refractivity contribution in [3.05, 3.63) is 11.5 Å². The summed E-state index contributed by atoms with van der Waals surface area (Å²) >= 11 is 0. The molecule has 0 aliphatic rings. The Hall–Kier alpha value is -0.840. The van der Waals surface area contributed by atoms with Crippen LogP contribution in [-0.2, 0) is 14.6 Å². The SMILES string of the molecule is CCCCCCCCCCS(=O)(=O)C=CC(N)=O. The molecule has 0 aromatic heterocycles. The molecular weight excluding hydrogens is 250 g/mol. The number of unbranched alkanes of at least 4 members (excludes halogenated alkanes) is 7. The van der Waals surface area contributed by atoms with Crippen LogP contribution in [0.1, 0.15) is 58.3 Å². The molecule has 0 spiro atoms. The number of carbonyl (C=O) groups excluding carboxylic acids is 1. The Morgan fingerprint density at radius 2 is 1.50 bits per heavy atom. The minimum absolute atomic E-state index is 0.103. The van der Waals surface area contributed by atoms with Gasteiger partial charge in [-0.2, -0.15) is 0 Å². The highest BCUT2D eigenvalue weighted by molar-refractivity contribution is 7.94. The molecule has 0 aliphatic heterocycles. The maximum atomic E-state index is 11.4. The van der Waals surface area contributed by atoms with Crippen LogP contribution in [0.2, 0.25) is 0 Å². The van der Waals surface area contributed by atoms with Gasteiger partial charge < -0.3 is 5.73 Å². The number of carbonyl (C=O) groups is 1. The molecule has 0 aromatic carbocycles. The van der Waals surface area contributed by atoms with E-state index in [-0.39, 0.29) is 5.75 Å². The predicted octanol–water partition coefficient (Wildman–Crippen LogP) is 2.54. The second-order valence-electron chi connectivity index (χ2n) is 4.55. The second-order valence-corrected chi connectivity index (χ2v) is 6.55. The predicted molar refractivity (Wildman–Crippen MR) is 74.7 cm³/mol. The summed E-state index contributed by atoms with van der Waals surface area (Å²) in [6.07, 6.45) is 9.78. The van der Waals surface area contributed by atoms with Crippen LogP contribution in [0, 0.1) is 0 Å². The van der Waals surface area contributed by atoms with Gasteiger partial charge in [0.2, 0.25) is 5.91 Å². The van der Waals surface area contributed by atoms with E-state index in [2.05, 4.69) is 6.92 Å². The molecule has 0 unspecified atom stereocenters. The van der Waals surface area contributed by atoms with E-state index in [4.69, 9.17) is 5.73 Å². The minimum Gasteiger partial charge on any atom is -0.366 e. The van der Waals surface area contributed by atoms with Crippen molar-refractivity contribution in [1.29, 1.82) is 0 Å². The number of nitrogens with two attached hydrogens (primary N) is 1. The third kappa shape index (κ3) is 11.6. The summed E-state index contributed by atoms with van der Waals surface area (Å²) in [6.45, 7) is 2.18. The first-order valence-electron chi connectivity index (χ1n) is 6.68. The van der Waals surface area contributed by atoms with Crippen LogP contribution in [0.3, 0.4) is 0 Å². The summed E-state index contributed by atoms with van der Waals surface area (Å²) in [6, 6.07) is 0. The number of rotatable bonds is 11. The van der Waals surface area contributed by atoms with Crippen molar-refractivity contribution in [3.63, 3.8) is 0 Å². The fourth-order valence-corrected chi connectivity index (χ4v) is 2.76. The summed E-state index contributed by atoms with van der Waals surface area (Å²) in [5.41, 5.74) is 4.84. The number of amides is 1. The third-order valence-electron chi connectivity index (χ3n) is 2.72. The third-order valence-corrected chi connectivity index (χ3v) is 4.13. The van der Waals surface area contributed by atoms with E-state index in [0.717, 1.165) is 24.3 Å². The van der Waals surface area contributed by atoms with Crippen molar-refractivity contribution in [2.45, 2.75) is 58.3 Å². The zero-order valence-corrected chi connectivity index (χ0v) is 12.0. The molecule has 5 heteroatoms. The molecule has 0 aliphatic carbocycles. The summed E-state index contributed by atoms with van der Waals surface area (Å²) in [5, 5.41) is 0.913. The fourth-order valence-electron chi connectivity index (χ4n) is 1.68. The molecule has 0 saturated heterocycles. The van der Waals surface area contributed by atoms with Crippen LogP contribution in [0.5, 0.6) is 0 Å². The molecule has 2 N–H and O–H groups in total. The quantitative estimate of drug-likeness (QED) is 0.465. The zero-order valence-electron chi connectivity index (χ0n) is 11.2. The van der Waals surface area contributed by atoms with Crippen LogP contribution < -0.4 is 5.73 Å². The van der Waals surface area contributed by atoms with Gasteiger partial charge in [0.1, 0.15) is 0 Å². The van der Waals surface area contributed by atoms with Gasteiger partial charge in [-0.25, -0.2) is 8.42 Å². The van der Waals surface area contributed by atoms with Gasteiger partial charge in [0, 0.05) is 11.5 Å². The monoisotopic (exact) mass is 275 g/mol. The lowest BCUT2D eigenvalue weighted by molar-refractivity contribution is -0.113. The minimum atomic E-state index is -3.26. The summed E-state index contributed by atoms with van der Waals surface area (Å²) < 4.78 is 22.8. The fraction of sp³-hybridized carbons (Fsp3) is 0.769. The van der Waals surface area contributed by atoms with Gasteiger partial charge in [-0.3, -0.25) is 4.79 Å². The van der Waals surface area contributed by atoms with Crippen molar-refractivity contribution in [1.82, 2.24) is 0 Å². The van der Waals surface area contributed by atoms with E-state index in [1.54, 1.807) is 0 Å². The molecule has 106 valence electrons. The number of primary amides is 1. The molecule has 0 radical (unpaired) electrons. The molecule has 0 saturated carbocycles. The lowest BCUT2D eigenvalue weighted by Crippen LogP contribution is -2.08. The van der Waals surface area contributed by atoms with E-state index in [0.29, 0.717) is 6.42 Å². The van der Waals surface area contributed by atoms with E-state index < -0.39 is 15.7 Å².